The van der Waals surface area contributed by atoms with Crippen molar-refractivity contribution in [2.24, 2.45) is 0 Å². The van der Waals surface area contributed by atoms with Gasteiger partial charge in [-0.05, 0) is 25.1 Å². The zero-order chi connectivity index (χ0) is 13.8. The lowest BCUT2D eigenvalue weighted by Gasteiger charge is -2.15. The van der Waals surface area contributed by atoms with Gasteiger partial charge in [0.25, 0.3) is 0 Å². The van der Waals surface area contributed by atoms with Crippen molar-refractivity contribution in [3.05, 3.63) is 23.8 Å². The van der Waals surface area contributed by atoms with E-state index in [2.05, 4.69) is 10.6 Å². The van der Waals surface area contributed by atoms with Gasteiger partial charge in [-0.3, -0.25) is 4.79 Å². The highest BCUT2D eigenvalue weighted by molar-refractivity contribution is 5.81. The number of anilines is 2. The fourth-order valence-corrected chi connectivity index (χ4v) is 1.39. The Morgan fingerprint density at radius 3 is 2.61 bits per heavy atom. The molecule has 0 saturated carbocycles. The van der Waals surface area contributed by atoms with Gasteiger partial charge in [0.2, 0.25) is 5.91 Å². The van der Waals surface area contributed by atoms with E-state index in [1.165, 1.54) is 12.1 Å². The number of benzene rings is 1. The van der Waals surface area contributed by atoms with Crippen LogP contribution < -0.4 is 16.4 Å². The van der Waals surface area contributed by atoms with Gasteiger partial charge in [0, 0.05) is 17.9 Å². The summed E-state index contributed by atoms with van der Waals surface area (Å²) in [5, 5.41) is 4.92. The molecule has 0 aliphatic carbocycles. The number of nitrogen functional groups attached to an aromatic ring is 1. The molecule has 0 bridgehead atoms. The molecule has 0 heterocycles. The summed E-state index contributed by atoms with van der Waals surface area (Å²) in [6.07, 6.45) is -4.51. The lowest BCUT2D eigenvalue weighted by Crippen LogP contribution is -2.30. The Hall–Kier alpha value is -1.92. The molecule has 1 aromatic rings. The predicted octanol–water partition coefficient (Wildman–Crippen LogP) is 1.84. The molecule has 0 aromatic heterocycles. The molecule has 18 heavy (non-hydrogen) atoms. The van der Waals surface area contributed by atoms with Crippen molar-refractivity contribution < 1.29 is 18.0 Å². The van der Waals surface area contributed by atoms with Crippen LogP contribution in [0.2, 0.25) is 0 Å². The molecule has 4 N–H and O–H groups in total. The molecular weight excluding hydrogens is 247 g/mol. The van der Waals surface area contributed by atoms with Crippen LogP contribution in [0.4, 0.5) is 24.5 Å². The molecule has 0 aliphatic rings. The molecule has 100 valence electrons. The van der Waals surface area contributed by atoms with Crippen LogP contribution in [-0.4, -0.2) is 19.0 Å². The maximum absolute atomic E-state index is 12.7. The zero-order valence-corrected chi connectivity index (χ0v) is 9.77. The van der Waals surface area contributed by atoms with Crippen molar-refractivity contribution in [1.82, 2.24) is 5.32 Å². The monoisotopic (exact) mass is 261 g/mol. The summed E-state index contributed by atoms with van der Waals surface area (Å²) >= 11 is 0. The van der Waals surface area contributed by atoms with Crippen molar-refractivity contribution >= 4 is 17.3 Å². The van der Waals surface area contributed by atoms with Crippen molar-refractivity contribution in [1.29, 1.82) is 0 Å². The number of hydrogen-bond donors (Lipinski definition) is 3. The number of carbonyl (C=O) groups is 1. The van der Waals surface area contributed by atoms with Crippen LogP contribution in [-0.2, 0) is 11.0 Å². The predicted molar refractivity (Wildman–Crippen MR) is 63.0 cm³/mol. The van der Waals surface area contributed by atoms with Crippen LogP contribution in [0.1, 0.15) is 12.5 Å². The minimum Gasteiger partial charge on any atom is -0.399 e. The van der Waals surface area contributed by atoms with Gasteiger partial charge in [0.15, 0.2) is 0 Å². The molecule has 0 saturated heterocycles. The summed E-state index contributed by atoms with van der Waals surface area (Å²) in [4.78, 5) is 11.2. The summed E-state index contributed by atoms with van der Waals surface area (Å²) in [7, 11) is 0. The molecule has 0 fully saturated rings. The highest BCUT2D eigenvalue weighted by Crippen LogP contribution is 2.35. The second-order valence-electron chi connectivity index (χ2n) is 3.61. The van der Waals surface area contributed by atoms with Crippen LogP contribution in [0.15, 0.2) is 18.2 Å². The maximum Gasteiger partial charge on any atom is 0.418 e. The molecular formula is C11H14F3N3O. The topological polar surface area (TPSA) is 67.2 Å². The normalized spacial score (nSPS) is 11.1. The Kier molecular flexibility index (Phi) is 4.41. The zero-order valence-electron chi connectivity index (χ0n) is 9.77. The number of hydrogen-bond acceptors (Lipinski definition) is 3. The van der Waals surface area contributed by atoms with E-state index in [-0.39, 0.29) is 23.8 Å². The highest BCUT2D eigenvalue weighted by Gasteiger charge is 2.33. The second-order valence-corrected chi connectivity index (χ2v) is 3.61. The number of likely N-dealkylation sites (N-methyl/N-ethyl adjacent to an activating group) is 1. The molecule has 0 radical (unpaired) electrons. The Bertz CT molecular complexity index is 432. The smallest absolute Gasteiger partial charge is 0.399 e. The Morgan fingerprint density at radius 1 is 1.39 bits per heavy atom. The van der Waals surface area contributed by atoms with Gasteiger partial charge in [-0.1, -0.05) is 0 Å². The van der Waals surface area contributed by atoms with Crippen molar-refractivity contribution in [3.8, 4) is 0 Å². The summed E-state index contributed by atoms with van der Waals surface area (Å²) in [5.41, 5.74) is 4.29. The number of nitrogens with two attached hydrogens (primary N) is 1. The van der Waals surface area contributed by atoms with Crippen LogP contribution in [0, 0.1) is 0 Å². The van der Waals surface area contributed by atoms with Crippen LogP contribution in [0.3, 0.4) is 0 Å². The number of alkyl halides is 3. The summed E-state index contributed by atoms with van der Waals surface area (Å²) in [6, 6.07) is 3.38. The number of nitrogens with one attached hydrogen (secondary N) is 2. The molecule has 1 aromatic carbocycles. The van der Waals surface area contributed by atoms with E-state index in [0.717, 1.165) is 6.07 Å². The minimum atomic E-state index is -4.51. The third-order valence-corrected chi connectivity index (χ3v) is 2.16. The maximum atomic E-state index is 12.7. The van der Waals surface area contributed by atoms with Crippen molar-refractivity contribution in [3.63, 3.8) is 0 Å². The van der Waals surface area contributed by atoms with Gasteiger partial charge in [-0.2, -0.15) is 13.2 Å². The standard InChI is InChI=1S/C11H14F3N3O/c1-2-16-10(18)6-17-9-4-3-7(15)5-8(9)11(12,13)14/h3-5,17H,2,6,15H2,1H3,(H,16,18). The molecule has 4 nitrogen and oxygen atoms in total. The molecule has 0 aliphatic heterocycles. The van der Waals surface area contributed by atoms with E-state index in [1.807, 2.05) is 0 Å². The van der Waals surface area contributed by atoms with E-state index in [0.29, 0.717) is 6.54 Å². The lowest BCUT2D eigenvalue weighted by atomic mass is 10.1. The quantitative estimate of drug-likeness (QED) is 0.724. The summed E-state index contributed by atoms with van der Waals surface area (Å²) in [5.74, 6) is -0.373. The first-order valence-electron chi connectivity index (χ1n) is 5.32. The number of rotatable bonds is 4. The van der Waals surface area contributed by atoms with E-state index < -0.39 is 11.7 Å². The Labute approximate surface area is 102 Å². The second kappa shape index (κ2) is 5.61. The van der Waals surface area contributed by atoms with E-state index in [4.69, 9.17) is 5.73 Å². The van der Waals surface area contributed by atoms with Gasteiger partial charge in [0.1, 0.15) is 0 Å². The van der Waals surface area contributed by atoms with E-state index in [9.17, 15) is 18.0 Å². The first-order chi connectivity index (χ1) is 8.34. The first-order valence-corrected chi connectivity index (χ1v) is 5.32. The molecule has 0 atom stereocenters. The Morgan fingerprint density at radius 2 is 2.06 bits per heavy atom. The highest BCUT2D eigenvalue weighted by atomic mass is 19.4. The third kappa shape index (κ3) is 3.83. The minimum absolute atomic E-state index is 0.0193. The van der Waals surface area contributed by atoms with Gasteiger partial charge in [-0.25, -0.2) is 0 Å². The Balaban J connectivity index is 2.85. The fourth-order valence-electron chi connectivity index (χ4n) is 1.39. The number of amides is 1. The molecule has 0 spiro atoms. The van der Waals surface area contributed by atoms with Gasteiger partial charge in [0.05, 0.1) is 12.1 Å². The fraction of sp³-hybridized carbons (Fsp3) is 0.364. The number of halogens is 3. The SMILES string of the molecule is CCNC(=O)CNc1ccc(N)cc1C(F)(F)F. The van der Waals surface area contributed by atoms with Gasteiger partial charge >= 0.3 is 6.18 Å². The number of carbonyl (C=O) groups excluding carboxylic acids is 1. The average Bonchev–Trinajstić information content (AvgIpc) is 2.26. The summed E-state index contributed by atoms with van der Waals surface area (Å²) in [6.45, 7) is 1.93. The molecule has 1 amide bonds. The van der Waals surface area contributed by atoms with Crippen LogP contribution in [0.5, 0.6) is 0 Å². The lowest BCUT2D eigenvalue weighted by molar-refractivity contribution is -0.137. The van der Waals surface area contributed by atoms with Gasteiger partial charge in [-0.15, -0.1) is 0 Å². The van der Waals surface area contributed by atoms with Crippen LogP contribution in [0.25, 0.3) is 0 Å². The third-order valence-electron chi connectivity index (χ3n) is 2.16. The van der Waals surface area contributed by atoms with Gasteiger partial charge < -0.3 is 16.4 Å². The molecule has 0 unspecified atom stereocenters. The molecule has 7 heteroatoms. The van der Waals surface area contributed by atoms with Crippen LogP contribution >= 0.6 is 0 Å². The van der Waals surface area contributed by atoms with Crippen molar-refractivity contribution in [2.75, 3.05) is 24.1 Å². The summed E-state index contributed by atoms with van der Waals surface area (Å²) < 4.78 is 38.1. The van der Waals surface area contributed by atoms with E-state index in [1.54, 1.807) is 6.92 Å². The van der Waals surface area contributed by atoms with Crippen molar-refractivity contribution in [2.45, 2.75) is 13.1 Å². The largest absolute Gasteiger partial charge is 0.418 e. The first kappa shape index (κ1) is 14.1. The van der Waals surface area contributed by atoms with E-state index >= 15 is 0 Å². The molecule has 1 rings (SSSR count). The average molecular weight is 261 g/mol.